The molecule has 0 aliphatic rings. The summed E-state index contributed by atoms with van der Waals surface area (Å²) in [5.41, 5.74) is 1.53. The van der Waals surface area contributed by atoms with E-state index in [-0.39, 0.29) is 28.4 Å². The zero-order valence-electron chi connectivity index (χ0n) is 9.91. The number of carbonyl (C=O) groups excluding carboxylic acids is 2. The van der Waals surface area contributed by atoms with Crippen molar-refractivity contribution in [1.29, 1.82) is 0 Å². The molecule has 0 aliphatic carbocycles. The van der Waals surface area contributed by atoms with Gasteiger partial charge in [0.15, 0.2) is 0 Å². The Hall–Kier alpha value is -1.15. The Morgan fingerprint density at radius 1 is 1.56 bits per heavy atom. The molecule has 0 saturated carbocycles. The molecule has 1 aromatic heterocycles. The van der Waals surface area contributed by atoms with Crippen molar-refractivity contribution in [2.45, 2.75) is 13.0 Å². The second-order valence-corrected chi connectivity index (χ2v) is 5.08. The van der Waals surface area contributed by atoms with E-state index in [9.17, 15) is 9.59 Å². The molecule has 1 rings (SSSR count). The summed E-state index contributed by atoms with van der Waals surface area (Å²) in [6, 6.07) is 1.34. The van der Waals surface area contributed by atoms with Crippen molar-refractivity contribution in [3.8, 4) is 0 Å². The number of rotatable bonds is 5. The standard InChI is InChI=1S/C10H14ClN3O3S/c1-5(13-8(15)4-12-2)7-3-6(11)9(18-7)10(16)14-17/h3,5,12,17H,4H2,1-2H3,(H,13,15)(H,14,16). The third kappa shape index (κ3) is 3.67. The molecule has 18 heavy (non-hydrogen) atoms. The molecule has 0 radical (unpaired) electrons. The Morgan fingerprint density at radius 3 is 2.78 bits per heavy atom. The van der Waals surface area contributed by atoms with Gasteiger partial charge in [0.25, 0.3) is 5.91 Å². The van der Waals surface area contributed by atoms with Crippen molar-refractivity contribution in [3.63, 3.8) is 0 Å². The second kappa shape index (κ2) is 6.69. The maximum Gasteiger partial charge on any atom is 0.286 e. The van der Waals surface area contributed by atoms with Gasteiger partial charge in [0.1, 0.15) is 4.88 Å². The van der Waals surface area contributed by atoms with Crippen LogP contribution in [-0.4, -0.2) is 30.6 Å². The zero-order chi connectivity index (χ0) is 13.7. The molecular weight excluding hydrogens is 278 g/mol. The molecular formula is C10H14ClN3O3S. The molecule has 8 heteroatoms. The average Bonchev–Trinajstić information content (AvgIpc) is 2.70. The third-order valence-electron chi connectivity index (χ3n) is 2.16. The Kier molecular flexibility index (Phi) is 5.54. The lowest BCUT2D eigenvalue weighted by molar-refractivity contribution is -0.120. The highest BCUT2D eigenvalue weighted by Gasteiger charge is 2.18. The number of hydroxylamine groups is 1. The van der Waals surface area contributed by atoms with E-state index in [2.05, 4.69) is 10.6 Å². The Bertz CT molecular complexity index is 450. The van der Waals surface area contributed by atoms with Crippen LogP contribution in [0.25, 0.3) is 0 Å². The second-order valence-electron chi connectivity index (χ2n) is 3.59. The number of hydrogen-bond donors (Lipinski definition) is 4. The summed E-state index contributed by atoms with van der Waals surface area (Å²) < 4.78 is 0. The van der Waals surface area contributed by atoms with E-state index in [4.69, 9.17) is 16.8 Å². The van der Waals surface area contributed by atoms with Crippen LogP contribution in [0.5, 0.6) is 0 Å². The van der Waals surface area contributed by atoms with Gasteiger partial charge < -0.3 is 10.6 Å². The molecule has 0 aliphatic heterocycles. The third-order valence-corrected chi connectivity index (χ3v) is 3.88. The normalized spacial score (nSPS) is 12.0. The van der Waals surface area contributed by atoms with Gasteiger partial charge in [0, 0.05) is 4.88 Å². The fraction of sp³-hybridized carbons (Fsp3) is 0.400. The van der Waals surface area contributed by atoms with E-state index < -0.39 is 5.91 Å². The first-order valence-electron chi connectivity index (χ1n) is 5.17. The fourth-order valence-electron chi connectivity index (χ4n) is 1.33. The van der Waals surface area contributed by atoms with Gasteiger partial charge in [-0.15, -0.1) is 11.3 Å². The monoisotopic (exact) mass is 291 g/mol. The lowest BCUT2D eigenvalue weighted by atomic mass is 10.2. The molecule has 1 heterocycles. The summed E-state index contributed by atoms with van der Waals surface area (Å²) in [6.45, 7) is 2.00. The first-order chi connectivity index (χ1) is 8.49. The van der Waals surface area contributed by atoms with Gasteiger partial charge in [-0.05, 0) is 20.0 Å². The zero-order valence-corrected chi connectivity index (χ0v) is 11.5. The number of hydrogen-bond acceptors (Lipinski definition) is 5. The van der Waals surface area contributed by atoms with Crippen molar-refractivity contribution in [3.05, 3.63) is 20.8 Å². The van der Waals surface area contributed by atoms with Crippen molar-refractivity contribution >= 4 is 34.8 Å². The number of nitrogens with one attached hydrogen (secondary N) is 3. The van der Waals surface area contributed by atoms with Crippen LogP contribution >= 0.6 is 22.9 Å². The number of thiophene rings is 1. The number of halogens is 1. The summed E-state index contributed by atoms with van der Waals surface area (Å²) in [5, 5.41) is 14.3. The Morgan fingerprint density at radius 2 is 2.22 bits per heavy atom. The van der Waals surface area contributed by atoms with Crippen LogP contribution in [0.2, 0.25) is 5.02 Å². The van der Waals surface area contributed by atoms with Crippen LogP contribution < -0.4 is 16.1 Å². The van der Waals surface area contributed by atoms with Crippen LogP contribution in [0.4, 0.5) is 0 Å². The van der Waals surface area contributed by atoms with E-state index in [0.717, 1.165) is 16.2 Å². The smallest absolute Gasteiger partial charge is 0.286 e. The van der Waals surface area contributed by atoms with Crippen molar-refractivity contribution in [2.24, 2.45) is 0 Å². The van der Waals surface area contributed by atoms with Crippen molar-refractivity contribution in [1.82, 2.24) is 16.1 Å². The highest BCUT2D eigenvalue weighted by molar-refractivity contribution is 7.14. The predicted octanol–water partition coefficient (Wildman–Crippen LogP) is 0.917. The highest BCUT2D eigenvalue weighted by atomic mass is 35.5. The lowest BCUT2D eigenvalue weighted by Gasteiger charge is -2.11. The minimum Gasteiger partial charge on any atom is -0.348 e. The minimum atomic E-state index is -0.662. The van der Waals surface area contributed by atoms with Crippen LogP contribution in [0, 0.1) is 0 Å². The largest absolute Gasteiger partial charge is 0.348 e. The summed E-state index contributed by atoms with van der Waals surface area (Å²) >= 11 is 7.00. The predicted molar refractivity (Wildman–Crippen MR) is 69.1 cm³/mol. The molecule has 0 spiro atoms. The molecule has 6 nitrogen and oxygen atoms in total. The highest BCUT2D eigenvalue weighted by Crippen LogP contribution is 2.30. The molecule has 0 aromatic carbocycles. The van der Waals surface area contributed by atoms with E-state index in [1.807, 2.05) is 0 Å². The molecule has 4 N–H and O–H groups in total. The van der Waals surface area contributed by atoms with E-state index in [1.165, 1.54) is 5.48 Å². The summed E-state index contributed by atoms with van der Waals surface area (Å²) in [6.07, 6.45) is 0. The van der Waals surface area contributed by atoms with E-state index in [1.54, 1.807) is 20.0 Å². The van der Waals surface area contributed by atoms with Crippen molar-refractivity contribution < 1.29 is 14.8 Å². The fourth-order valence-corrected chi connectivity index (χ4v) is 2.66. The van der Waals surface area contributed by atoms with Crippen LogP contribution in [0.3, 0.4) is 0 Å². The van der Waals surface area contributed by atoms with Gasteiger partial charge in [-0.3, -0.25) is 14.8 Å². The SMILES string of the molecule is CNCC(=O)NC(C)c1cc(Cl)c(C(=O)NO)s1. The molecule has 100 valence electrons. The maximum absolute atomic E-state index is 11.4. The van der Waals surface area contributed by atoms with Gasteiger partial charge in [-0.1, -0.05) is 11.6 Å². The van der Waals surface area contributed by atoms with Gasteiger partial charge in [0.2, 0.25) is 5.91 Å². The summed E-state index contributed by atoms with van der Waals surface area (Å²) in [7, 11) is 1.68. The molecule has 0 bridgehead atoms. The molecule has 0 saturated heterocycles. The van der Waals surface area contributed by atoms with E-state index >= 15 is 0 Å². The number of likely N-dealkylation sites (N-methyl/N-ethyl adjacent to an activating group) is 1. The molecule has 1 atom stereocenters. The summed E-state index contributed by atoms with van der Waals surface area (Å²) in [4.78, 5) is 23.6. The Labute approximate surface area is 113 Å². The topological polar surface area (TPSA) is 90.5 Å². The molecule has 0 fully saturated rings. The summed E-state index contributed by atoms with van der Waals surface area (Å²) in [5.74, 6) is -0.812. The van der Waals surface area contributed by atoms with Crippen LogP contribution in [-0.2, 0) is 4.79 Å². The first kappa shape index (κ1) is 14.9. The number of amides is 2. The lowest BCUT2D eigenvalue weighted by Crippen LogP contribution is -2.33. The molecule has 1 aromatic rings. The first-order valence-corrected chi connectivity index (χ1v) is 6.36. The molecule has 1 unspecified atom stereocenters. The van der Waals surface area contributed by atoms with Crippen LogP contribution in [0.15, 0.2) is 6.07 Å². The van der Waals surface area contributed by atoms with Gasteiger partial charge >= 0.3 is 0 Å². The van der Waals surface area contributed by atoms with Gasteiger partial charge in [0.05, 0.1) is 17.6 Å². The van der Waals surface area contributed by atoms with Gasteiger partial charge in [-0.2, -0.15) is 0 Å². The molecule has 2 amide bonds. The van der Waals surface area contributed by atoms with E-state index in [0.29, 0.717) is 0 Å². The van der Waals surface area contributed by atoms with Crippen LogP contribution in [0.1, 0.15) is 27.5 Å². The maximum atomic E-state index is 11.4. The van der Waals surface area contributed by atoms with Gasteiger partial charge in [-0.25, -0.2) is 5.48 Å². The quantitative estimate of drug-likeness (QED) is 0.480. The number of carbonyl (C=O) groups is 2. The van der Waals surface area contributed by atoms with Crippen molar-refractivity contribution in [2.75, 3.05) is 13.6 Å². The Balaban J connectivity index is 2.78. The minimum absolute atomic E-state index is 0.150. The average molecular weight is 292 g/mol.